The summed E-state index contributed by atoms with van der Waals surface area (Å²) in [6.45, 7) is 1.91. The molecule has 0 saturated carbocycles. The van der Waals surface area contributed by atoms with Gasteiger partial charge in [0.15, 0.2) is 5.82 Å². The standard InChI is InChI=1S/C24H21N3O2S/c1-18-12-14-21(15-13-18)30(28,29)27-24-22(16-19-8-4-2-5-9-19)26-23(17-25-24)20-10-6-3-7-11-20/h2-15,17H,16H2,1H3,(H,25,27). The molecule has 0 spiro atoms. The molecule has 0 aliphatic heterocycles. The third kappa shape index (κ3) is 4.55. The molecule has 3 aromatic carbocycles. The van der Waals surface area contributed by atoms with E-state index in [1.54, 1.807) is 30.5 Å². The summed E-state index contributed by atoms with van der Waals surface area (Å²) in [5.74, 6) is 0.235. The minimum atomic E-state index is -3.77. The van der Waals surface area contributed by atoms with E-state index in [0.717, 1.165) is 16.7 Å². The molecule has 0 radical (unpaired) electrons. The van der Waals surface area contributed by atoms with Crippen molar-refractivity contribution in [3.63, 3.8) is 0 Å². The lowest BCUT2D eigenvalue weighted by atomic mass is 10.1. The Kier molecular flexibility index (Phi) is 5.59. The van der Waals surface area contributed by atoms with E-state index in [4.69, 9.17) is 4.98 Å². The highest BCUT2D eigenvalue weighted by Crippen LogP contribution is 2.24. The fourth-order valence-corrected chi connectivity index (χ4v) is 4.11. The van der Waals surface area contributed by atoms with Gasteiger partial charge in [0.25, 0.3) is 10.0 Å². The minimum absolute atomic E-state index is 0.188. The van der Waals surface area contributed by atoms with E-state index in [2.05, 4.69) is 9.71 Å². The van der Waals surface area contributed by atoms with Crippen LogP contribution in [0, 0.1) is 6.92 Å². The summed E-state index contributed by atoms with van der Waals surface area (Å²) in [6.07, 6.45) is 2.05. The molecule has 6 heteroatoms. The molecule has 0 atom stereocenters. The fourth-order valence-electron chi connectivity index (χ4n) is 3.08. The number of aromatic nitrogens is 2. The van der Waals surface area contributed by atoms with E-state index in [0.29, 0.717) is 17.8 Å². The molecule has 5 nitrogen and oxygen atoms in total. The predicted molar refractivity (Wildman–Crippen MR) is 119 cm³/mol. The molecule has 1 aromatic heterocycles. The van der Waals surface area contributed by atoms with Crippen LogP contribution in [-0.2, 0) is 16.4 Å². The highest BCUT2D eigenvalue weighted by atomic mass is 32.2. The number of nitrogens with one attached hydrogen (secondary N) is 1. The van der Waals surface area contributed by atoms with Gasteiger partial charge in [0.2, 0.25) is 0 Å². The SMILES string of the molecule is Cc1ccc(S(=O)(=O)Nc2ncc(-c3ccccc3)nc2Cc2ccccc2)cc1. The van der Waals surface area contributed by atoms with Crippen molar-refractivity contribution in [1.29, 1.82) is 0 Å². The van der Waals surface area contributed by atoms with Gasteiger partial charge in [-0.3, -0.25) is 4.72 Å². The van der Waals surface area contributed by atoms with Crippen LogP contribution >= 0.6 is 0 Å². The number of benzene rings is 3. The molecule has 0 bridgehead atoms. The lowest BCUT2D eigenvalue weighted by Gasteiger charge is -2.13. The van der Waals surface area contributed by atoms with Crippen molar-refractivity contribution < 1.29 is 8.42 Å². The summed E-state index contributed by atoms with van der Waals surface area (Å²) in [4.78, 5) is 9.36. The Labute approximate surface area is 176 Å². The summed E-state index contributed by atoms with van der Waals surface area (Å²) in [7, 11) is -3.77. The van der Waals surface area contributed by atoms with Crippen LogP contribution in [-0.4, -0.2) is 18.4 Å². The van der Waals surface area contributed by atoms with Crippen molar-refractivity contribution in [2.45, 2.75) is 18.2 Å². The zero-order chi connectivity index (χ0) is 21.0. The molecule has 1 N–H and O–H groups in total. The zero-order valence-corrected chi connectivity index (χ0v) is 17.3. The Morgan fingerprint density at radius 2 is 1.47 bits per heavy atom. The molecule has 0 aliphatic rings. The first-order valence-electron chi connectivity index (χ1n) is 9.56. The van der Waals surface area contributed by atoms with Gasteiger partial charge in [-0.2, -0.15) is 0 Å². The second kappa shape index (κ2) is 8.47. The maximum Gasteiger partial charge on any atom is 0.263 e. The molecule has 0 aliphatic carbocycles. The van der Waals surface area contributed by atoms with Crippen LogP contribution in [0.25, 0.3) is 11.3 Å². The first-order valence-corrected chi connectivity index (χ1v) is 11.0. The van der Waals surface area contributed by atoms with E-state index in [-0.39, 0.29) is 10.7 Å². The molecule has 150 valence electrons. The van der Waals surface area contributed by atoms with Gasteiger partial charge in [0.1, 0.15) is 0 Å². The highest BCUT2D eigenvalue weighted by Gasteiger charge is 2.18. The topological polar surface area (TPSA) is 72.0 Å². The lowest BCUT2D eigenvalue weighted by Crippen LogP contribution is -2.16. The number of hydrogen-bond donors (Lipinski definition) is 1. The summed E-state index contributed by atoms with van der Waals surface area (Å²) in [5.41, 5.74) is 4.20. The second-order valence-corrected chi connectivity index (χ2v) is 8.68. The van der Waals surface area contributed by atoms with Crippen molar-refractivity contribution in [1.82, 2.24) is 9.97 Å². The molecule has 30 heavy (non-hydrogen) atoms. The van der Waals surface area contributed by atoms with Crippen LogP contribution in [0.3, 0.4) is 0 Å². The van der Waals surface area contributed by atoms with Gasteiger partial charge in [-0.15, -0.1) is 0 Å². The second-order valence-electron chi connectivity index (χ2n) is 7.00. The number of aryl methyl sites for hydroxylation is 1. The van der Waals surface area contributed by atoms with E-state index >= 15 is 0 Å². The van der Waals surface area contributed by atoms with Crippen LogP contribution in [0.1, 0.15) is 16.8 Å². The molecule has 0 fully saturated rings. The Bertz CT molecular complexity index is 1240. The van der Waals surface area contributed by atoms with Gasteiger partial charge in [-0.05, 0) is 24.6 Å². The third-order valence-corrected chi connectivity index (χ3v) is 6.05. The number of rotatable bonds is 6. The first kappa shape index (κ1) is 19.8. The van der Waals surface area contributed by atoms with Crippen LogP contribution in [0.4, 0.5) is 5.82 Å². The molecule has 0 saturated heterocycles. The summed E-state index contributed by atoms with van der Waals surface area (Å²) in [6, 6.07) is 26.2. The number of hydrogen-bond acceptors (Lipinski definition) is 4. The Morgan fingerprint density at radius 3 is 2.13 bits per heavy atom. The maximum absolute atomic E-state index is 12.9. The molecule has 0 amide bonds. The zero-order valence-electron chi connectivity index (χ0n) is 16.5. The average molecular weight is 416 g/mol. The first-order chi connectivity index (χ1) is 14.5. The van der Waals surface area contributed by atoms with Crippen molar-refractivity contribution in [2.24, 2.45) is 0 Å². The average Bonchev–Trinajstić information content (AvgIpc) is 2.76. The molecule has 1 heterocycles. The molecular weight excluding hydrogens is 394 g/mol. The van der Waals surface area contributed by atoms with Crippen molar-refractivity contribution >= 4 is 15.8 Å². The Hall–Kier alpha value is -3.51. The van der Waals surface area contributed by atoms with Crippen LogP contribution < -0.4 is 4.72 Å². The monoisotopic (exact) mass is 415 g/mol. The Morgan fingerprint density at radius 1 is 0.833 bits per heavy atom. The number of nitrogens with zero attached hydrogens (tertiary/aromatic N) is 2. The third-order valence-electron chi connectivity index (χ3n) is 4.69. The number of anilines is 1. The van der Waals surface area contributed by atoms with Crippen molar-refractivity contribution in [2.75, 3.05) is 4.72 Å². The van der Waals surface area contributed by atoms with E-state index in [1.807, 2.05) is 67.6 Å². The van der Waals surface area contributed by atoms with Gasteiger partial charge in [-0.25, -0.2) is 18.4 Å². The molecule has 4 rings (SSSR count). The van der Waals surface area contributed by atoms with Gasteiger partial charge < -0.3 is 0 Å². The predicted octanol–water partition coefficient (Wildman–Crippen LogP) is 4.84. The fraction of sp³-hybridized carbons (Fsp3) is 0.0833. The minimum Gasteiger partial charge on any atom is -0.262 e. The summed E-state index contributed by atoms with van der Waals surface area (Å²) < 4.78 is 28.4. The van der Waals surface area contributed by atoms with E-state index in [1.165, 1.54) is 0 Å². The molecular formula is C24H21N3O2S. The van der Waals surface area contributed by atoms with Crippen LogP contribution in [0.5, 0.6) is 0 Å². The van der Waals surface area contributed by atoms with Crippen LogP contribution in [0.15, 0.2) is 96.0 Å². The largest absolute Gasteiger partial charge is 0.263 e. The maximum atomic E-state index is 12.9. The normalized spacial score (nSPS) is 11.2. The number of sulfonamides is 1. The van der Waals surface area contributed by atoms with Crippen molar-refractivity contribution in [3.05, 3.63) is 108 Å². The van der Waals surface area contributed by atoms with Gasteiger partial charge >= 0.3 is 0 Å². The highest BCUT2D eigenvalue weighted by molar-refractivity contribution is 7.92. The quantitative estimate of drug-likeness (QED) is 0.489. The lowest BCUT2D eigenvalue weighted by molar-refractivity contribution is 0.601. The van der Waals surface area contributed by atoms with Crippen molar-refractivity contribution in [3.8, 4) is 11.3 Å². The summed E-state index contributed by atoms with van der Waals surface area (Å²) in [5, 5.41) is 0. The van der Waals surface area contributed by atoms with E-state index < -0.39 is 10.0 Å². The molecule has 0 unspecified atom stereocenters. The summed E-state index contributed by atoms with van der Waals surface area (Å²) >= 11 is 0. The van der Waals surface area contributed by atoms with E-state index in [9.17, 15) is 8.42 Å². The smallest absolute Gasteiger partial charge is 0.262 e. The van der Waals surface area contributed by atoms with Crippen LogP contribution in [0.2, 0.25) is 0 Å². The molecule has 4 aromatic rings. The van der Waals surface area contributed by atoms with Gasteiger partial charge in [-0.1, -0.05) is 78.4 Å². The van der Waals surface area contributed by atoms with Gasteiger partial charge in [0.05, 0.1) is 22.5 Å². The van der Waals surface area contributed by atoms with Gasteiger partial charge in [0, 0.05) is 12.0 Å². The Balaban J connectivity index is 1.73.